The van der Waals surface area contributed by atoms with Crippen LogP contribution < -0.4 is 0 Å². The summed E-state index contributed by atoms with van der Waals surface area (Å²) in [6, 6.07) is 0. The highest BCUT2D eigenvalue weighted by atomic mass is 16.7. The van der Waals surface area contributed by atoms with Gasteiger partial charge >= 0.3 is 0 Å². The number of hydrogen-bond donors (Lipinski definition) is 1. The van der Waals surface area contributed by atoms with Gasteiger partial charge in [0.25, 0.3) is 0 Å². The van der Waals surface area contributed by atoms with Crippen molar-refractivity contribution in [1.29, 1.82) is 0 Å². The molecular formula is C12H22O4. The predicted octanol–water partition coefficient (Wildman–Crippen LogP) is 1.32. The van der Waals surface area contributed by atoms with E-state index < -0.39 is 5.79 Å². The third-order valence-electron chi connectivity index (χ3n) is 3.22. The highest BCUT2D eigenvalue weighted by Crippen LogP contribution is 2.37. The van der Waals surface area contributed by atoms with Crippen LogP contribution in [0.3, 0.4) is 0 Å². The molecule has 2 unspecified atom stereocenters. The molecule has 0 radical (unpaired) electrons. The Hall–Kier alpha value is -0.160. The first-order chi connectivity index (χ1) is 7.61. The molecule has 4 nitrogen and oxygen atoms in total. The lowest BCUT2D eigenvalue weighted by Gasteiger charge is -2.39. The van der Waals surface area contributed by atoms with Crippen LogP contribution in [-0.2, 0) is 14.2 Å². The van der Waals surface area contributed by atoms with E-state index >= 15 is 0 Å². The molecule has 2 atom stereocenters. The molecule has 2 aliphatic rings. The minimum atomic E-state index is -0.471. The highest BCUT2D eigenvalue weighted by Gasteiger charge is 2.45. The summed E-state index contributed by atoms with van der Waals surface area (Å²) in [5, 5.41) is 9.89. The number of aliphatic hydroxyl groups excluding tert-OH is 1. The Bertz CT molecular complexity index is 223. The Labute approximate surface area is 96.9 Å². The highest BCUT2D eigenvalue weighted by molar-refractivity contribution is 4.88. The van der Waals surface area contributed by atoms with Crippen molar-refractivity contribution in [2.75, 3.05) is 19.8 Å². The van der Waals surface area contributed by atoms with Crippen LogP contribution in [0.5, 0.6) is 0 Å². The maximum absolute atomic E-state index is 9.89. The van der Waals surface area contributed by atoms with Crippen LogP contribution in [0.15, 0.2) is 0 Å². The molecular weight excluding hydrogens is 208 g/mol. The zero-order valence-electron chi connectivity index (χ0n) is 10.1. The molecule has 0 aromatic carbocycles. The summed E-state index contributed by atoms with van der Waals surface area (Å²) in [4.78, 5) is 0. The molecule has 0 aromatic rings. The second kappa shape index (κ2) is 5.00. The maximum atomic E-state index is 9.89. The van der Waals surface area contributed by atoms with Gasteiger partial charge in [0.05, 0.1) is 25.4 Å². The van der Waals surface area contributed by atoms with Crippen molar-refractivity contribution in [2.45, 2.75) is 51.1 Å². The summed E-state index contributed by atoms with van der Waals surface area (Å²) in [6.07, 6.45) is 1.60. The van der Waals surface area contributed by atoms with E-state index in [9.17, 15) is 5.11 Å². The largest absolute Gasteiger partial charge is 0.390 e. The zero-order valence-corrected chi connectivity index (χ0v) is 10.1. The summed E-state index contributed by atoms with van der Waals surface area (Å²) in [5.41, 5.74) is 0. The fourth-order valence-corrected chi connectivity index (χ4v) is 2.34. The van der Waals surface area contributed by atoms with Gasteiger partial charge in [-0.2, -0.15) is 0 Å². The third kappa shape index (κ3) is 2.74. The fraction of sp³-hybridized carbons (Fsp3) is 1.00. The number of hydrogen-bond acceptors (Lipinski definition) is 4. The van der Waals surface area contributed by atoms with Gasteiger partial charge < -0.3 is 19.3 Å². The molecule has 1 heterocycles. The number of ether oxygens (including phenoxy) is 3. The van der Waals surface area contributed by atoms with Crippen molar-refractivity contribution in [3.8, 4) is 0 Å². The van der Waals surface area contributed by atoms with Gasteiger partial charge in [0, 0.05) is 19.4 Å². The maximum Gasteiger partial charge on any atom is 0.171 e. The van der Waals surface area contributed by atoms with E-state index in [0.29, 0.717) is 38.6 Å². The summed E-state index contributed by atoms with van der Waals surface area (Å²) in [7, 11) is 0. The van der Waals surface area contributed by atoms with Gasteiger partial charge in [-0.3, -0.25) is 0 Å². The Kier molecular flexibility index (Phi) is 3.85. The van der Waals surface area contributed by atoms with Crippen LogP contribution in [0, 0.1) is 5.92 Å². The molecule has 1 spiro atoms. The lowest BCUT2D eigenvalue weighted by molar-refractivity contribution is -0.222. The molecule has 94 valence electrons. The summed E-state index contributed by atoms with van der Waals surface area (Å²) in [6.45, 7) is 6.21. The van der Waals surface area contributed by atoms with Gasteiger partial charge in [0.1, 0.15) is 0 Å². The van der Waals surface area contributed by atoms with E-state index in [1.54, 1.807) is 0 Å². The van der Waals surface area contributed by atoms with Crippen LogP contribution in [0.1, 0.15) is 33.1 Å². The first kappa shape index (κ1) is 12.3. The van der Waals surface area contributed by atoms with Crippen molar-refractivity contribution in [2.24, 2.45) is 5.92 Å². The lowest BCUT2D eigenvalue weighted by atomic mass is 9.89. The molecule has 2 rings (SSSR count). The van der Waals surface area contributed by atoms with E-state index in [4.69, 9.17) is 14.2 Å². The van der Waals surface area contributed by atoms with Gasteiger partial charge in [0.2, 0.25) is 0 Å². The predicted molar refractivity (Wildman–Crippen MR) is 59.1 cm³/mol. The molecule has 4 heteroatoms. The minimum absolute atomic E-state index is 0.144. The molecule has 1 aliphatic heterocycles. The van der Waals surface area contributed by atoms with Crippen molar-refractivity contribution in [3.05, 3.63) is 0 Å². The molecule has 1 N–H and O–H groups in total. The summed E-state index contributed by atoms with van der Waals surface area (Å²) >= 11 is 0. The molecule has 1 aliphatic carbocycles. The third-order valence-corrected chi connectivity index (χ3v) is 3.22. The van der Waals surface area contributed by atoms with Gasteiger partial charge in [-0.1, -0.05) is 13.8 Å². The first-order valence-corrected chi connectivity index (χ1v) is 6.19. The van der Waals surface area contributed by atoms with E-state index in [-0.39, 0.29) is 12.2 Å². The molecule has 0 amide bonds. The van der Waals surface area contributed by atoms with Crippen LogP contribution in [0.25, 0.3) is 0 Å². The van der Waals surface area contributed by atoms with E-state index in [2.05, 4.69) is 13.8 Å². The zero-order chi connectivity index (χ0) is 11.6. The molecule has 0 aromatic heterocycles. The average Bonchev–Trinajstić information content (AvgIpc) is 2.68. The minimum Gasteiger partial charge on any atom is -0.390 e. The summed E-state index contributed by atoms with van der Waals surface area (Å²) in [5.74, 6) is 0.0106. The fourth-order valence-electron chi connectivity index (χ4n) is 2.34. The van der Waals surface area contributed by atoms with Crippen molar-refractivity contribution < 1.29 is 19.3 Å². The molecule has 16 heavy (non-hydrogen) atoms. The second-order valence-corrected chi connectivity index (χ2v) is 5.18. The van der Waals surface area contributed by atoms with Crippen LogP contribution in [0.4, 0.5) is 0 Å². The van der Waals surface area contributed by atoms with Gasteiger partial charge in [-0.25, -0.2) is 0 Å². The smallest absolute Gasteiger partial charge is 0.171 e. The quantitative estimate of drug-likeness (QED) is 0.794. The van der Waals surface area contributed by atoms with Crippen LogP contribution in [-0.4, -0.2) is 42.9 Å². The molecule has 2 fully saturated rings. The van der Waals surface area contributed by atoms with Gasteiger partial charge in [-0.05, 0) is 12.3 Å². The average molecular weight is 230 g/mol. The van der Waals surface area contributed by atoms with E-state index in [1.807, 2.05) is 0 Å². The summed E-state index contributed by atoms with van der Waals surface area (Å²) < 4.78 is 17.0. The van der Waals surface area contributed by atoms with E-state index in [1.165, 1.54) is 0 Å². The standard InChI is InChI=1S/C12H22O4/c1-9(2)8-14-11-7-12(4-3-10(11)13)15-5-6-16-12/h9-11,13H,3-8H2,1-2H3. The molecule has 1 saturated heterocycles. The van der Waals surface area contributed by atoms with Crippen molar-refractivity contribution >= 4 is 0 Å². The van der Waals surface area contributed by atoms with Crippen LogP contribution in [0.2, 0.25) is 0 Å². The normalized spacial score (nSPS) is 33.8. The van der Waals surface area contributed by atoms with Crippen molar-refractivity contribution in [3.63, 3.8) is 0 Å². The van der Waals surface area contributed by atoms with E-state index in [0.717, 1.165) is 6.42 Å². The number of aliphatic hydroxyl groups is 1. The monoisotopic (exact) mass is 230 g/mol. The Morgan fingerprint density at radius 3 is 2.69 bits per heavy atom. The van der Waals surface area contributed by atoms with Gasteiger partial charge in [0.15, 0.2) is 5.79 Å². The molecule has 0 bridgehead atoms. The Morgan fingerprint density at radius 2 is 2.06 bits per heavy atom. The second-order valence-electron chi connectivity index (χ2n) is 5.18. The van der Waals surface area contributed by atoms with Gasteiger partial charge in [-0.15, -0.1) is 0 Å². The number of rotatable bonds is 3. The first-order valence-electron chi connectivity index (χ1n) is 6.19. The SMILES string of the molecule is CC(C)COC1CC2(CCC1O)OCCO2. The Morgan fingerprint density at radius 1 is 1.38 bits per heavy atom. The Balaban J connectivity index is 1.89. The van der Waals surface area contributed by atoms with Crippen LogP contribution >= 0.6 is 0 Å². The van der Waals surface area contributed by atoms with Crippen molar-refractivity contribution in [1.82, 2.24) is 0 Å². The lowest BCUT2D eigenvalue weighted by Crippen LogP contribution is -2.46. The topological polar surface area (TPSA) is 47.9 Å². The molecule has 1 saturated carbocycles.